The van der Waals surface area contributed by atoms with Crippen LogP contribution < -0.4 is 0 Å². The monoisotopic (exact) mass is 358 g/mol. The van der Waals surface area contributed by atoms with Crippen LogP contribution in [0, 0.1) is 10.1 Å². The van der Waals surface area contributed by atoms with Crippen LogP contribution in [-0.2, 0) is 4.79 Å². The molecule has 0 bridgehead atoms. The van der Waals surface area contributed by atoms with Crippen molar-refractivity contribution < 1.29 is 14.5 Å². The predicted octanol–water partition coefficient (Wildman–Crippen LogP) is 3.57. The first kappa shape index (κ1) is 16.4. The van der Waals surface area contributed by atoms with E-state index < -0.39 is 16.6 Å². The van der Waals surface area contributed by atoms with E-state index in [1.54, 1.807) is 0 Å². The van der Waals surface area contributed by atoms with Gasteiger partial charge in [-0.1, -0.05) is 34.8 Å². The van der Waals surface area contributed by atoms with Gasteiger partial charge >= 0.3 is 0 Å². The number of nitrogens with zero attached hydrogens (tertiary/aromatic N) is 2. The molecule has 1 aromatic carbocycles. The lowest BCUT2D eigenvalue weighted by Crippen LogP contribution is -2.18. The highest BCUT2D eigenvalue weighted by Gasteiger charge is 2.25. The van der Waals surface area contributed by atoms with Crippen molar-refractivity contribution in [3.63, 3.8) is 0 Å². The first-order valence-corrected chi connectivity index (χ1v) is 6.79. The van der Waals surface area contributed by atoms with Gasteiger partial charge in [0, 0.05) is 23.8 Å². The van der Waals surface area contributed by atoms with Crippen molar-refractivity contribution in [2.45, 2.75) is 0 Å². The molecule has 112 valence electrons. The molecular weight excluding hydrogens is 355 g/mol. The third-order valence-corrected chi connectivity index (χ3v) is 3.89. The molecule has 1 aliphatic carbocycles. The summed E-state index contributed by atoms with van der Waals surface area (Å²) >= 11 is 17.3. The number of carbonyl (C=O) groups excluding carboxylic acids is 2. The number of halogens is 3. The number of amides is 1. The molecule has 0 aliphatic heterocycles. The van der Waals surface area contributed by atoms with E-state index in [1.165, 1.54) is 12.1 Å². The van der Waals surface area contributed by atoms with Crippen LogP contribution >= 0.6 is 34.8 Å². The highest BCUT2D eigenvalue weighted by molar-refractivity contribution is 6.68. The molecule has 6 nitrogen and oxygen atoms in total. The molecule has 0 unspecified atom stereocenters. The van der Waals surface area contributed by atoms with E-state index in [9.17, 15) is 19.7 Å². The molecule has 0 fully saturated rings. The molecule has 0 saturated carbocycles. The Bertz CT molecular complexity index is 779. The van der Waals surface area contributed by atoms with Crippen LogP contribution in [0.1, 0.15) is 10.4 Å². The van der Waals surface area contributed by atoms with Crippen molar-refractivity contribution >= 4 is 57.9 Å². The molecule has 9 heteroatoms. The molecule has 0 heterocycles. The number of hydrogen-bond acceptors (Lipinski definition) is 4. The molecule has 0 saturated heterocycles. The Hall–Kier alpha value is -2.02. The van der Waals surface area contributed by atoms with Gasteiger partial charge in [-0.15, -0.1) is 0 Å². The summed E-state index contributed by atoms with van der Waals surface area (Å²) in [5.74, 6) is -1.44. The van der Waals surface area contributed by atoms with Crippen molar-refractivity contribution in [3.8, 4) is 0 Å². The first-order chi connectivity index (χ1) is 10.3. The standard InChI is InChI=1S/C13H5Cl3N2O4/c14-8-5-9(19)12(11(16)10(8)15)17-13(20)6-1-3-7(4-2-6)18(21)22/h1-5H. The van der Waals surface area contributed by atoms with Gasteiger partial charge < -0.3 is 0 Å². The number of ketones is 1. The van der Waals surface area contributed by atoms with E-state index in [0.717, 1.165) is 18.2 Å². The van der Waals surface area contributed by atoms with Gasteiger partial charge in [-0.05, 0) is 12.1 Å². The second-order valence-corrected chi connectivity index (χ2v) is 5.22. The molecule has 0 spiro atoms. The summed E-state index contributed by atoms with van der Waals surface area (Å²) in [6, 6.07) is 4.74. The van der Waals surface area contributed by atoms with Crippen LogP contribution in [0.4, 0.5) is 5.69 Å². The van der Waals surface area contributed by atoms with Gasteiger partial charge in [0.05, 0.1) is 20.0 Å². The fourth-order valence-electron chi connectivity index (χ4n) is 1.56. The molecule has 1 aliphatic rings. The maximum atomic E-state index is 12.0. The maximum absolute atomic E-state index is 12.0. The third kappa shape index (κ3) is 3.24. The summed E-state index contributed by atoms with van der Waals surface area (Å²) in [4.78, 5) is 37.3. The fraction of sp³-hybridized carbons (Fsp3) is 0. The average molecular weight is 360 g/mol. The van der Waals surface area contributed by atoms with Gasteiger partial charge in [0.25, 0.3) is 11.6 Å². The Balaban J connectivity index is 2.35. The molecule has 22 heavy (non-hydrogen) atoms. The maximum Gasteiger partial charge on any atom is 0.277 e. The van der Waals surface area contributed by atoms with Crippen molar-refractivity contribution in [1.29, 1.82) is 0 Å². The van der Waals surface area contributed by atoms with Gasteiger partial charge in [0.2, 0.25) is 5.78 Å². The zero-order valence-corrected chi connectivity index (χ0v) is 12.8. The number of benzene rings is 1. The van der Waals surface area contributed by atoms with E-state index in [4.69, 9.17) is 34.8 Å². The van der Waals surface area contributed by atoms with Crippen LogP contribution in [0.25, 0.3) is 0 Å². The smallest absolute Gasteiger partial charge is 0.277 e. The van der Waals surface area contributed by atoms with Crippen LogP contribution in [0.2, 0.25) is 0 Å². The van der Waals surface area contributed by atoms with Crippen molar-refractivity contribution in [2.24, 2.45) is 4.99 Å². The van der Waals surface area contributed by atoms with E-state index in [2.05, 4.69) is 4.99 Å². The minimum Gasteiger partial charge on any atom is -0.287 e. The average Bonchev–Trinajstić information content (AvgIpc) is 2.49. The lowest BCUT2D eigenvalue weighted by Gasteiger charge is -2.09. The Kier molecular flexibility index (Phi) is 4.75. The quantitative estimate of drug-likeness (QED) is 0.458. The van der Waals surface area contributed by atoms with Crippen molar-refractivity contribution in [1.82, 2.24) is 0 Å². The van der Waals surface area contributed by atoms with Gasteiger partial charge in [-0.25, -0.2) is 4.99 Å². The van der Waals surface area contributed by atoms with Gasteiger partial charge in [0.15, 0.2) is 0 Å². The van der Waals surface area contributed by atoms with E-state index >= 15 is 0 Å². The zero-order valence-electron chi connectivity index (χ0n) is 10.5. The number of nitro groups is 1. The second kappa shape index (κ2) is 6.39. The number of carbonyl (C=O) groups is 2. The number of hydrogen-bond donors (Lipinski definition) is 0. The SMILES string of the molecule is O=C1C=C(Cl)C(Cl)=C(Cl)C1=NC(=O)c1ccc([N+](=O)[O-])cc1. The van der Waals surface area contributed by atoms with Gasteiger partial charge in [0.1, 0.15) is 5.71 Å². The normalized spacial score (nSPS) is 16.8. The van der Waals surface area contributed by atoms with Crippen molar-refractivity contribution in [3.05, 3.63) is 61.1 Å². The van der Waals surface area contributed by atoms with Gasteiger partial charge in [-0.2, -0.15) is 0 Å². The molecule has 0 N–H and O–H groups in total. The molecule has 1 amide bonds. The van der Waals surface area contributed by atoms with Crippen LogP contribution in [-0.4, -0.2) is 22.3 Å². The Morgan fingerprint density at radius 1 is 1.09 bits per heavy atom. The Morgan fingerprint density at radius 3 is 2.23 bits per heavy atom. The molecule has 1 aromatic rings. The van der Waals surface area contributed by atoms with Crippen LogP contribution in [0.15, 0.2) is 50.4 Å². The topological polar surface area (TPSA) is 89.6 Å². The molecule has 0 radical (unpaired) electrons. The number of allylic oxidation sites excluding steroid dienone is 4. The third-order valence-electron chi connectivity index (χ3n) is 2.64. The summed E-state index contributed by atoms with van der Waals surface area (Å²) < 4.78 is 0. The summed E-state index contributed by atoms with van der Waals surface area (Å²) in [5, 5.41) is 10.2. The van der Waals surface area contributed by atoms with Gasteiger partial charge in [-0.3, -0.25) is 19.7 Å². The molecule has 0 aromatic heterocycles. The predicted molar refractivity (Wildman–Crippen MR) is 82.5 cm³/mol. The number of nitro benzene ring substituents is 1. The Morgan fingerprint density at radius 2 is 1.68 bits per heavy atom. The summed E-state index contributed by atoms with van der Waals surface area (Å²) in [5.41, 5.74) is -0.444. The summed E-state index contributed by atoms with van der Waals surface area (Å²) in [7, 11) is 0. The van der Waals surface area contributed by atoms with Crippen LogP contribution in [0.5, 0.6) is 0 Å². The molecule has 0 atom stereocenters. The minimum absolute atomic E-state index is 0.0431. The first-order valence-electron chi connectivity index (χ1n) is 5.66. The summed E-state index contributed by atoms with van der Waals surface area (Å²) in [6.07, 6.45) is 0.998. The largest absolute Gasteiger partial charge is 0.287 e. The van der Waals surface area contributed by atoms with E-state index in [-0.39, 0.29) is 32.1 Å². The van der Waals surface area contributed by atoms with Crippen molar-refractivity contribution in [2.75, 3.05) is 0 Å². The summed E-state index contributed by atoms with van der Waals surface area (Å²) in [6.45, 7) is 0. The molecular formula is C13H5Cl3N2O4. The number of aliphatic imine (C=N–C) groups is 1. The Labute approximate surface area is 138 Å². The number of rotatable bonds is 2. The fourth-order valence-corrected chi connectivity index (χ4v) is 2.18. The highest BCUT2D eigenvalue weighted by Crippen LogP contribution is 2.30. The lowest BCUT2D eigenvalue weighted by atomic mass is 10.1. The second-order valence-electron chi connectivity index (χ2n) is 4.05. The van der Waals surface area contributed by atoms with E-state index in [0.29, 0.717) is 0 Å². The minimum atomic E-state index is -0.785. The zero-order chi connectivity index (χ0) is 16.4. The highest BCUT2D eigenvalue weighted by atomic mass is 35.5. The lowest BCUT2D eigenvalue weighted by molar-refractivity contribution is -0.384. The van der Waals surface area contributed by atoms with Crippen LogP contribution in [0.3, 0.4) is 0 Å². The molecule has 2 rings (SSSR count). The van der Waals surface area contributed by atoms with E-state index in [1.807, 2.05) is 0 Å². The number of non-ortho nitro benzene ring substituents is 1.